The molecule has 2 aromatic rings. The predicted molar refractivity (Wildman–Crippen MR) is 79.7 cm³/mol. The number of anilines is 2. The van der Waals surface area contributed by atoms with Gasteiger partial charge in [0.05, 0.1) is 23.9 Å². The van der Waals surface area contributed by atoms with Crippen molar-refractivity contribution in [1.29, 1.82) is 0 Å². The molecule has 3 rings (SSSR count). The Morgan fingerprint density at radius 3 is 2.74 bits per heavy atom. The minimum atomic E-state index is 0.815. The van der Waals surface area contributed by atoms with E-state index in [4.69, 9.17) is 0 Å². The Bertz CT molecular complexity index is 489. The number of aromatic nitrogens is 2. The molecule has 0 saturated carbocycles. The third-order valence-corrected chi connectivity index (χ3v) is 4.16. The van der Waals surface area contributed by atoms with Crippen LogP contribution in [0.2, 0.25) is 0 Å². The summed E-state index contributed by atoms with van der Waals surface area (Å²) >= 11 is 1.67. The third-order valence-electron chi connectivity index (χ3n) is 3.38. The van der Waals surface area contributed by atoms with E-state index in [1.807, 2.05) is 17.9 Å². The lowest BCUT2D eigenvalue weighted by atomic mass is 10.1. The molecule has 1 saturated heterocycles. The molecule has 1 aliphatic rings. The van der Waals surface area contributed by atoms with Crippen LogP contribution in [0.3, 0.4) is 0 Å². The topological polar surface area (TPSA) is 41.1 Å². The summed E-state index contributed by atoms with van der Waals surface area (Å²) in [5.74, 6) is 1.10. The number of thiazole rings is 1. The predicted octanol–water partition coefficient (Wildman–Crippen LogP) is 3.14. The first kappa shape index (κ1) is 12.4. The Balaban J connectivity index is 1.58. The van der Waals surface area contributed by atoms with E-state index < -0.39 is 0 Å². The summed E-state index contributed by atoms with van der Waals surface area (Å²) in [6.07, 6.45) is 7.74. The maximum atomic E-state index is 4.55. The van der Waals surface area contributed by atoms with Crippen LogP contribution in [0.4, 0.5) is 11.5 Å². The fourth-order valence-corrected chi connectivity index (χ4v) is 2.85. The molecule has 2 aromatic heterocycles. The molecule has 1 fully saturated rings. The highest BCUT2D eigenvalue weighted by molar-refractivity contribution is 7.09. The van der Waals surface area contributed by atoms with Gasteiger partial charge in [-0.25, -0.2) is 4.98 Å². The molecule has 0 radical (unpaired) electrons. The van der Waals surface area contributed by atoms with Crippen LogP contribution >= 0.6 is 11.3 Å². The van der Waals surface area contributed by atoms with Crippen molar-refractivity contribution in [3.8, 4) is 0 Å². The second kappa shape index (κ2) is 6.02. The van der Waals surface area contributed by atoms with Crippen LogP contribution in [-0.4, -0.2) is 23.1 Å². The Kier molecular flexibility index (Phi) is 3.93. The molecule has 4 nitrogen and oxygen atoms in total. The summed E-state index contributed by atoms with van der Waals surface area (Å²) in [4.78, 5) is 12.2. The minimum absolute atomic E-state index is 0.815. The Hall–Kier alpha value is -1.62. The number of hydrogen-bond acceptors (Lipinski definition) is 5. The number of nitrogens with zero attached hydrogens (tertiary/aromatic N) is 3. The largest absolute Gasteiger partial charge is 0.379 e. The average Bonchev–Trinajstić information content (AvgIpc) is 3.00. The van der Waals surface area contributed by atoms with E-state index in [1.165, 1.54) is 24.1 Å². The maximum absolute atomic E-state index is 4.55. The highest BCUT2D eigenvalue weighted by Gasteiger charge is 2.11. The van der Waals surface area contributed by atoms with Crippen molar-refractivity contribution >= 4 is 22.8 Å². The van der Waals surface area contributed by atoms with E-state index in [-0.39, 0.29) is 0 Å². The Morgan fingerprint density at radius 2 is 2.05 bits per heavy atom. The molecule has 0 atom stereocenters. The van der Waals surface area contributed by atoms with Crippen LogP contribution in [0, 0.1) is 0 Å². The van der Waals surface area contributed by atoms with Crippen LogP contribution in [-0.2, 0) is 6.54 Å². The fraction of sp³-hybridized carbons (Fsp3) is 0.429. The summed E-state index contributed by atoms with van der Waals surface area (Å²) < 4.78 is 0. The van der Waals surface area contributed by atoms with Crippen molar-refractivity contribution in [2.45, 2.75) is 25.8 Å². The van der Waals surface area contributed by atoms with Crippen molar-refractivity contribution < 1.29 is 0 Å². The van der Waals surface area contributed by atoms with Crippen molar-refractivity contribution in [3.63, 3.8) is 0 Å². The molecule has 0 bridgehead atoms. The summed E-state index contributed by atoms with van der Waals surface area (Å²) in [7, 11) is 0. The van der Waals surface area contributed by atoms with Crippen LogP contribution in [0.1, 0.15) is 24.1 Å². The van der Waals surface area contributed by atoms with Gasteiger partial charge in [0, 0.05) is 24.2 Å². The van der Waals surface area contributed by atoms with E-state index in [0.717, 1.165) is 31.1 Å². The first-order valence-corrected chi connectivity index (χ1v) is 7.62. The number of rotatable bonds is 4. The molecular weight excluding hydrogens is 256 g/mol. The normalized spacial score (nSPS) is 15.5. The van der Waals surface area contributed by atoms with Gasteiger partial charge in [-0.2, -0.15) is 0 Å². The van der Waals surface area contributed by atoms with Gasteiger partial charge in [-0.05, 0) is 31.4 Å². The van der Waals surface area contributed by atoms with Crippen LogP contribution in [0.5, 0.6) is 0 Å². The third kappa shape index (κ3) is 3.23. The first-order valence-electron chi connectivity index (χ1n) is 6.74. The van der Waals surface area contributed by atoms with Crippen molar-refractivity contribution in [2.75, 3.05) is 23.3 Å². The van der Waals surface area contributed by atoms with Gasteiger partial charge in [-0.1, -0.05) is 0 Å². The number of piperidine rings is 1. The van der Waals surface area contributed by atoms with Gasteiger partial charge in [0.2, 0.25) is 0 Å². The highest BCUT2D eigenvalue weighted by atomic mass is 32.1. The summed E-state index contributed by atoms with van der Waals surface area (Å²) in [6.45, 7) is 3.09. The zero-order chi connectivity index (χ0) is 12.9. The molecule has 100 valence electrons. The van der Waals surface area contributed by atoms with Crippen LogP contribution in [0.15, 0.2) is 30.0 Å². The molecule has 1 N–H and O–H groups in total. The van der Waals surface area contributed by atoms with Gasteiger partial charge in [0.25, 0.3) is 0 Å². The summed E-state index contributed by atoms with van der Waals surface area (Å²) in [6, 6.07) is 4.22. The van der Waals surface area contributed by atoms with Gasteiger partial charge in [0.1, 0.15) is 5.82 Å². The van der Waals surface area contributed by atoms with E-state index in [2.05, 4.69) is 32.3 Å². The second-order valence-corrected chi connectivity index (χ2v) is 5.74. The van der Waals surface area contributed by atoms with Crippen LogP contribution < -0.4 is 10.2 Å². The van der Waals surface area contributed by atoms with Gasteiger partial charge in [-0.15, -0.1) is 11.3 Å². The van der Waals surface area contributed by atoms with E-state index in [1.54, 1.807) is 11.3 Å². The van der Waals surface area contributed by atoms with E-state index in [9.17, 15) is 0 Å². The number of hydrogen-bond donors (Lipinski definition) is 1. The second-order valence-electron chi connectivity index (χ2n) is 4.77. The van der Waals surface area contributed by atoms with Crippen molar-refractivity contribution in [3.05, 3.63) is 34.9 Å². The van der Waals surface area contributed by atoms with Gasteiger partial charge < -0.3 is 10.2 Å². The van der Waals surface area contributed by atoms with Gasteiger partial charge >= 0.3 is 0 Å². The van der Waals surface area contributed by atoms with E-state index >= 15 is 0 Å². The molecule has 3 heterocycles. The van der Waals surface area contributed by atoms with Gasteiger partial charge in [-0.3, -0.25) is 4.98 Å². The Morgan fingerprint density at radius 1 is 1.16 bits per heavy atom. The van der Waals surface area contributed by atoms with Gasteiger partial charge in [0.15, 0.2) is 0 Å². The SMILES string of the molecule is c1ncc(CNc2ccc(N3CCCCC3)nc2)s1. The monoisotopic (exact) mass is 274 g/mol. The fourth-order valence-electron chi connectivity index (χ4n) is 2.32. The average molecular weight is 274 g/mol. The zero-order valence-corrected chi connectivity index (χ0v) is 11.7. The first-order chi connectivity index (χ1) is 9.42. The van der Waals surface area contributed by atoms with Crippen LogP contribution in [0.25, 0.3) is 0 Å². The van der Waals surface area contributed by atoms with E-state index in [0.29, 0.717) is 0 Å². The molecule has 19 heavy (non-hydrogen) atoms. The molecule has 0 unspecified atom stereocenters. The smallest absolute Gasteiger partial charge is 0.128 e. The molecule has 0 aromatic carbocycles. The van der Waals surface area contributed by atoms with Crippen molar-refractivity contribution in [1.82, 2.24) is 9.97 Å². The zero-order valence-electron chi connectivity index (χ0n) is 10.9. The van der Waals surface area contributed by atoms with Crippen molar-refractivity contribution in [2.24, 2.45) is 0 Å². The lowest BCUT2D eigenvalue weighted by Crippen LogP contribution is -2.30. The Labute approximate surface area is 117 Å². The number of pyridine rings is 1. The minimum Gasteiger partial charge on any atom is -0.379 e. The molecule has 5 heteroatoms. The summed E-state index contributed by atoms with van der Waals surface area (Å²) in [5, 5.41) is 3.37. The molecule has 0 spiro atoms. The number of nitrogens with one attached hydrogen (secondary N) is 1. The maximum Gasteiger partial charge on any atom is 0.128 e. The molecular formula is C14H18N4S. The highest BCUT2D eigenvalue weighted by Crippen LogP contribution is 2.19. The quantitative estimate of drug-likeness (QED) is 0.930. The molecule has 1 aliphatic heterocycles. The standard InChI is InChI=1S/C14H18N4S/c1-2-6-18(7-3-1)14-5-4-12(8-17-14)16-10-13-9-15-11-19-13/h4-5,8-9,11,16H,1-3,6-7,10H2. The molecule has 0 aliphatic carbocycles. The molecule has 0 amide bonds. The lowest BCUT2D eigenvalue weighted by Gasteiger charge is -2.27. The summed E-state index contributed by atoms with van der Waals surface area (Å²) in [5.41, 5.74) is 2.92. The lowest BCUT2D eigenvalue weighted by molar-refractivity contribution is 0.573.